The smallest absolute Gasteiger partial charge is 0.123 e. The fraction of sp³-hybridized carbons (Fsp3) is 0.250. The fourth-order valence-corrected chi connectivity index (χ4v) is 2.71. The van der Waals surface area contributed by atoms with E-state index in [2.05, 4.69) is 4.98 Å². The Morgan fingerprint density at radius 2 is 2.19 bits per heavy atom. The van der Waals surface area contributed by atoms with Crippen LogP contribution in [0, 0.1) is 5.82 Å². The van der Waals surface area contributed by atoms with Gasteiger partial charge < -0.3 is 0 Å². The number of fused-ring (bicyclic) bond motifs is 1. The third-order valence-electron chi connectivity index (χ3n) is 2.21. The summed E-state index contributed by atoms with van der Waals surface area (Å²) in [7, 11) is 0. The van der Waals surface area contributed by atoms with Gasteiger partial charge in [-0.1, -0.05) is 0 Å². The van der Waals surface area contributed by atoms with Gasteiger partial charge in [-0.25, -0.2) is 9.37 Å². The molecule has 0 spiro atoms. The van der Waals surface area contributed by atoms with Crippen molar-refractivity contribution in [2.24, 2.45) is 0 Å². The van der Waals surface area contributed by atoms with Gasteiger partial charge in [-0.05, 0) is 36.1 Å². The summed E-state index contributed by atoms with van der Waals surface area (Å²) in [6.07, 6.45) is 2.66. The highest BCUT2D eigenvalue weighted by atomic mass is 35.5. The van der Waals surface area contributed by atoms with Gasteiger partial charge in [0.25, 0.3) is 0 Å². The van der Waals surface area contributed by atoms with Crippen molar-refractivity contribution in [3.05, 3.63) is 36.3 Å². The number of hydrogen-bond acceptors (Lipinski definition) is 2. The van der Waals surface area contributed by atoms with Crippen LogP contribution in [0.15, 0.2) is 35.5 Å². The molecule has 0 saturated carbocycles. The van der Waals surface area contributed by atoms with Crippen LogP contribution in [0.1, 0.15) is 6.42 Å². The highest BCUT2D eigenvalue weighted by molar-refractivity contribution is 7.99. The van der Waals surface area contributed by atoms with Crippen molar-refractivity contribution in [1.29, 1.82) is 0 Å². The molecule has 0 N–H and O–H groups in total. The van der Waals surface area contributed by atoms with Gasteiger partial charge >= 0.3 is 0 Å². The van der Waals surface area contributed by atoms with Gasteiger partial charge in [0, 0.05) is 23.2 Å². The van der Waals surface area contributed by atoms with E-state index in [1.54, 1.807) is 24.0 Å². The molecule has 0 amide bonds. The lowest BCUT2D eigenvalue weighted by atomic mass is 10.2. The summed E-state index contributed by atoms with van der Waals surface area (Å²) >= 11 is 7.29. The minimum absolute atomic E-state index is 0.213. The van der Waals surface area contributed by atoms with Crippen molar-refractivity contribution < 1.29 is 4.39 Å². The molecule has 1 heterocycles. The Kier molecular flexibility index (Phi) is 4.02. The zero-order chi connectivity index (χ0) is 11.4. The Morgan fingerprint density at radius 3 is 3.00 bits per heavy atom. The van der Waals surface area contributed by atoms with Crippen LogP contribution >= 0.6 is 23.4 Å². The van der Waals surface area contributed by atoms with E-state index in [4.69, 9.17) is 11.6 Å². The van der Waals surface area contributed by atoms with Gasteiger partial charge in [-0.2, -0.15) is 0 Å². The molecule has 0 atom stereocenters. The molecule has 4 heteroatoms. The Morgan fingerprint density at radius 1 is 1.31 bits per heavy atom. The van der Waals surface area contributed by atoms with E-state index in [-0.39, 0.29) is 5.82 Å². The van der Waals surface area contributed by atoms with E-state index in [1.165, 1.54) is 12.1 Å². The summed E-state index contributed by atoms with van der Waals surface area (Å²) < 4.78 is 13.0. The minimum atomic E-state index is -0.213. The van der Waals surface area contributed by atoms with Crippen LogP contribution in [0.3, 0.4) is 0 Å². The number of aromatic nitrogens is 1. The maximum Gasteiger partial charge on any atom is 0.123 e. The van der Waals surface area contributed by atoms with Crippen LogP contribution in [0.2, 0.25) is 0 Å². The quantitative estimate of drug-likeness (QED) is 0.464. The highest BCUT2D eigenvalue weighted by Crippen LogP contribution is 2.26. The first kappa shape index (κ1) is 11.7. The lowest BCUT2D eigenvalue weighted by Crippen LogP contribution is -1.87. The van der Waals surface area contributed by atoms with E-state index in [9.17, 15) is 4.39 Å². The summed E-state index contributed by atoms with van der Waals surface area (Å²) in [5, 5.41) is 2.84. The zero-order valence-electron chi connectivity index (χ0n) is 8.62. The summed E-state index contributed by atoms with van der Waals surface area (Å²) in [5.74, 6) is 1.38. The number of halogens is 2. The molecular formula is C12H11ClFNS. The first-order chi connectivity index (χ1) is 7.81. The van der Waals surface area contributed by atoms with Crippen molar-refractivity contribution in [3.8, 4) is 0 Å². The van der Waals surface area contributed by atoms with Crippen molar-refractivity contribution in [3.63, 3.8) is 0 Å². The molecule has 0 aliphatic heterocycles. The molecule has 0 unspecified atom stereocenters. The average Bonchev–Trinajstić information content (AvgIpc) is 2.29. The number of hydrogen-bond donors (Lipinski definition) is 0. The molecule has 84 valence electrons. The molecule has 1 nitrogen and oxygen atoms in total. The van der Waals surface area contributed by atoms with E-state index in [1.807, 2.05) is 6.07 Å². The third kappa shape index (κ3) is 2.66. The molecule has 0 radical (unpaired) electrons. The number of rotatable bonds is 4. The van der Waals surface area contributed by atoms with E-state index in [0.29, 0.717) is 5.88 Å². The molecule has 2 rings (SSSR count). The van der Waals surface area contributed by atoms with Gasteiger partial charge in [0.05, 0.1) is 0 Å². The van der Waals surface area contributed by atoms with Gasteiger partial charge in [0.1, 0.15) is 10.8 Å². The van der Waals surface area contributed by atoms with Crippen molar-refractivity contribution in [1.82, 2.24) is 4.98 Å². The molecule has 16 heavy (non-hydrogen) atoms. The molecule has 0 fully saturated rings. The number of benzene rings is 1. The number of pyridine rings is 1. The first-order valence-electron chi connectivity index (χ1n) is 5.04. The van der Waals surface area contributed by atoms with Crippen molar-refractivity contribution >= 4 is 34.1 Å². The number of nitrogens with zero attached hydrogens (tertiary/aromatic N) is 1. The third-order valence-corrected chi connectivity index (χ3v) is 3.57. The molecule has 0 aliphatic carbocycles. The van der Waals surface area contributed by atoms with Crippen molar-refractivity contribution in [2.45, 2.75) is 11.4 Å². The zero-order valence-corrected chi connectivity index (χ0v) is 10.2. The number of alkyl halides is 1. The minimum Gasteiger partial charge on any atom is -0.249 e. The molecule has 0 aliphatic rings. The average molecular weight is 256 g/mol. The second-order valence-corrected chi connectivity index (χ2v) is 4.83. The number of thioether (sulfide) groups is 1. The molecule has 2 aromatic rings. The van der Waals surface area contributed by atoms with Crippen LogP contribution in [0.4, 0.5) is 4.39 Å². The first-order valence-corrected chi connectivity index (χ1v) is 6.56. The maximum atomic E-state index is 13.0. The molecule has 1 aromatic heterocycles. The molecule has 0 bridgehead atoms. The van der Waals surface area contributed by atoms with Gasteiger partial charge in [0.15, 0.2) is 0 Å². The lowest BCUT2D eigenvalue weighted by Gasteiger charge is -2.04. The summed E-state index contributed by atoms with van der Waals surface area (Å²) in [6.45, 7) is 0. The van der Waals surface area contributed by atoms with E-state index in [0.717, 1.165) is 28.0 Å². The van der Waals surface area contributed by atoms with Crippen LogP contribution in [-0.4, -0.2) is 16.6 Å². The monoisotopic (exact) mass is 255 g/mol. The Labute approximate surface area is 103 Å². The predicted octanol–water partition coefficient (Wildman–Crippen LogP) is 4.09. The second-order valence-electron chi connectivity index (χ2n) is 3.37. The van der Waals surface area contributed by atoms with Gasteiger partial charge in [-0.3, -0.25) is 0 Å². The van der Waals surface area contributed by atoms with Crippen molar-refractivity contribution in [2.75, 3.05) is 11.6 Å². The maximum absolute atomic E-state index is 13.0. The van der Waals surface area contributed by atoms with Crippen LogP contribution in [0.5, 0.6) is 0 Å². The van der Waals surface area contributed by atoms with Crippen LogP contribution in [0.25, 0.3) is 10.8 Å². The lowest BCUT2D eigenvalue weighted by molar-refractivity contribution is 0.629. The van der Waals surface area contributed by atoms with Crippen LogP contribution in [-0.2, 0) is 0 Å². The van der Waals surface area contributed by atoms with E-state index >= 15 is 0 Å². The highest BCUT2D eigenvalue weighted by Gasteiger charge is 2.03. The normalized spacial score (nSPS) is 10.9. The molecule has 1 aromatic carbocycles. The van der Waals surface area contributed by atoms with Crippen LogP contribution < -0.4 is 0 Å². The summed E-state index contributed by atoms with van der Waals surface area (Å²) in [5.41, 5.74) is 0. The summed E-state index contributed by atoms with van der Waals surface area (Å²) in [4.78, 5) is 4.31. The SMILES string of the molecule is Fc1ccc2c(SCCCCl)nccc2c1. The molecule has 0 saturated heterocycles. The topological polar surface area (TPSA) is 12.9 Å². The Bertz CT molecular complexity index is 489. The summed E-state index contributed by atoms with van der Waals surface area (Å²) in [6, 6.07) is 6.60. The Hall–Kier alpha value is -0.800. The Balaban J connectivity index is 2.30. The second kappa shape index (κ2) is 5.51. The largest absolute Gasteiger partial charge is 0.249 e. The van der Waals surface area contributed by atoms with Gasteiger partial charge in [0.2, 0.25) is 0 Å². The predicted molar refractivity (Wildman–Crippen MR) is 67.8 cm³/mol. The molecular weight excluding hydrogens is 245 g/mol. The van der Waals surface area contributed by atoms with E-state index < -0.39 is 0 Å². The standard InChI is InChI=1S/C12H11ClFNS/c13-5-1-7-16-12-11-3-2-10(14)8-9(11)4-6-15-12/h2-4,6,8H,1,5,7H2. The fourth-order valence-electron chi connectivity index (χ4n) is 1.46. The van der Waals surface area contributed by atoms with Gasteiger partial charge in [-0.15, -0.1) is 23.4 Å².